The van der Waals surface area contributed by atoms with Crippen molar-refractivity contribution in [2.75, 3.05) is 20.1 Å². The minimum Gasteiger partial charge on any atom is -0.340 e. The lowest BCUT2D eigenvalue weighted by atomic mass is 10.3. The minimum atomic E-state index is 0.154. The van der Waals surface area contributed by atoms with Crippen molar-refractivity contribution in [3.63, 3.8) is 0 Å². The van der Waals surface area contributed by atoms with Gasteiger partial charge in [-0.1, -0.05) is 6.92 Å². The number of rotatable bonds is 6. The molecule has 1 heterocycles. The van der Waals surface area contributed by atoms with E-state index in [9.17, 15) is 4.79 Å². The molecule has 90 valence electrons. The van der Waals surface area contributed by atoms with Crippen molar-refractivity contribution in [3.8, 4) is 0 Å². The highest BCUT2D eigenvalue weighted by atomic mass is 32.1. The lowest BCUT2D eigenvalue weighted by molar-refractivity contribution is -0.129. The predicted molar refractivity (Wildman–Crippen MR) is 68.7 cm³/mol. The summed E-state index contributed by atoms with van der Waals surface area (Å²) in [6, 6.07) is 2.09. The minimum absolute atomic E-state index is 0.154. The average Bonchev–Trinajstić information content (AvgIpc) is 2.64. The molecule has 0 saturated carbocycles. The van der Waals surface area contributed by atoms with E-state index in [1.807, 2.05) is 7.05 Å². The van der Waals surface area contributed by atoms with Crippen LogP contribution in [-0.4, -0.2) is 30.9 Å². The molecule has 0 bridgehead atoms. The second kappa shape index (κ2) is 6.66. The van der Waals surface area contributed by atoms with Crippen LogP contribution >= 0.6 is 11.3 Å². The number of amides is 1. The molecule has 3 nitrogen and oxygen atoms in total. The van der Waals surface area contributed by atoms with Gasteiger partial charge in [-0.2, -0.15) is 0 Å². The maximum atomic E-state index is 11.7. The van der Waals surface area contributed by atoms with Crippen LogP contribution in [0.25, 0.3) is 0 Å². The Hall–Kier alpha value is -0.870. The lowest BCUT2D eigenvalue weighted by Crippen LogP contribution is -2.35. The van der Waals surface area contributed by atoms with Gasteiger partial charge in [0.05, 0.1) is 13.1 Å². The SMILES string of the molecule is CCCNCC(=O)N(C)Cc1sccc1C. The Morgan fingerprint density at radius 1 is 1.56 bits per heavy atom. The monoisotopic (exact) mass is 240 g/mol. The molecule has 0 aliphatic heterocycles. The normalized spacial score (nSPS) is 10.4. The topological polar surface area (TPSA) is 32.3 Å². The molecule has 1 rings (SSSR count). The third-order valence-electron chi connectivity index (χ3n) is 2.48. The maximum absolute atomic E-state index is 11.7. The van der Waals surface area contributed by atoms with Crippen molar-refractivity contribution in [1.82, 2.24) is 10.2 Å². The number of likely N-dealkylation sites (N-methyl/N-ethyl adjacent to an activating group) is 1. The number of aryl methyl sites for hydroxylation is 1. The van der Waals surface area contributed by atoms with Gasteiger partial charge in [0.25, 0.3) is 0 Å². The first kappa shape index (κ1) is 13.2. The summed E-state index contributed by atoms with van der Waals surface area (Å²) < 4.78 is 0. The van der Waals surface area contributed by atoms with E-state index >= 15 is 0 Å². The summed E-state index contributed by atoms with van der Waals surface area (Å²) in [5.41, 5.74) is 1.27. The molecule has 0 aromatic carbocycles. The molecule has 0 atom stereocenters. The molecular formula is C12H20N2OS. The number of nitrogens with one attached hydrogen (secondary N) is 1. The van der Waals surface area contributed by atoms with E-state index in [1.54, 1.807) is 16.2 Å². The zero-order valence-corrected chi connectivity index (χ0v) is 11.1. The number of hydrogen-bond acceptors (Lipinski definition) is 3. The van der Waals surface area contributed by atoms with Crippen LogP contribution in [0.5, 0.6) is 0 Å². The number of carbonyl (C=O) groups excluding carboxylic acids is 1. The molecule has 1 aromatic heterocycles. The maximum Gasteiger partial charge on any atom is 0.236 e. The molecular weight excluding hydrogens is 220 g/mol. The first-order valence-electron chi connectivity index (χ1n) is 5.62. The summed E-state index contributed by atoms with van der Waals surface area (Å²) in [5, 5.41) is 5.19. The van der Waals surface area contributed by atoms with E-state index in [0.717, 1.165) is 19.5 Å². The molecule has 0 saturated heterocycles. The fourth-order valence-corrected chi connectivity index (χ4v) is 2.34. The van der Waals surface area contributed by atoms with Crippen molar-refractivity contribution in [2.45, 2.75) is 26.8 Å². The second-order valence-electron chi connectivity index (χ2n) is 3.95. The van der Waals surface area contributed by atoms with E-state index in [2.05, 4.69) is 30.6 Å². The standard InChI is InChI=1S/C12H20N2OS/c1-4-6-13-8-12(15)14(3)9-11-10(2)5-7-16-11/h5,7,13H,4,6,8-9H2,1-3H3. The van der Waals surface area contributed by atoms with Gasteiger partial charge in [-0.05, 0) is 36.9 Å². The van der Waals surface area contributed by atoms with Gasteiger partial charge >= 0.3 is 0 Å². The summed E-state index contributed by atoms with van der Waals surface area (Å²) in [4.78, 5) is 14.8. The highest BCUT2D eigenvalue weighted by molar-refractivity contribution is 7.10. The van der Waals surface area contributed by atoms with E-state index in [1.165, 1.54) is 10.4 Å². The molecule has 0 unspecified atom stereocenters. The van der Waals surface area contributed by atoms with E-state index in [0.29, 0.717) is 6.54 Å². The van der Waals surface area contributed by atoms with Gasteiger partial charge in [0.15, 0.2) is 0 Å². The molecule has 4 heteroatoms. The van der Waals surface area contributed by atoms with Crippen molar-refractivity contribution in [2.24, 2.45) is 0 Å². The number of carbonyl (C=O) groups is 1. The molecule has 0 spiro atoms. The van der Waals surface area contributed by atoms with Gasteiger partial charge in [0.1, 0.15) is 0 Å². The van der Waals surface area contributed by atoms with Crippen molar-refractivity contribution in [3.05, 3.63) is 21.9 Å². The van der Waals surface area contributed by atoms with Crippen LogP contribution < -0.4 is 5.32 Å². The van der Waals surface area contributed by atoms with Gasteiger partial charge in [-0.3, -0.25) is 4.79 Å². The van der Waals surface area contributed by atoms with E-state index in [4.69, 9.17) is 0 Å². The Kier molecular flexibility index (Phi) is 5.49. The predicted octanol–water partition coefficient (Wildman–Crippen LogP) is 2.01. The summed E-state index contributed by atoms with van der Waals surface area (Å²) in [7, 11) is 1.86. The Morgan fingerprint density at radius 3 is 2.88 bits per heavy atom. The van der Waals surface area contributed by atoms with Gasteiger partial charge in [0.2, 0.25) is 5.91 Å². The van der Waals surface area contributed by atoms with Gasteiger partial charge in [-0.25, -0.2) is 0 Å². The summed E-state index contributed by atoms with van der Waals surface area (Å²) in [6.07, 6.45) is 1.06. The number of thiophene rings is 1. The molecule has 1 aromatic rings. The van der Waals surface area contributed by atoms with Gasteiger partial charge in [-0.15, -0.1) is 11.3 Å². The van der Waals surface area contributed by atoms with Crippen LogP contribution in [0, 0.1) is 6.92 Å². The number of hydrogen-bond donors (Lipinski definition) is 1. The summed E-state index contributed by atoms with van der Waals surface area (Å²) in [5.74, 6) is 0.154. The van der Waals surface area contributed by atoms with Crippen LogP contribution in [0.4, 0.5) is 0 Å². The first-order valence-corrected chi connectivity index (χ1v) is 6.50. The first-order chi connectivity index (χ1) is 7.65. The molecule has 0 fully saturated rings. The zero-order chi connectivity index (χ0) is 12.0. The molecule has 1 N–H and O–H groups in total. The molecule has 0 aliphatic rings. The van der Waals surface area contributed by atoms with Crippen molar-refractivity contribution in [1.29, 1.82) is 0 Å². The third kappa shape index (κ3) is 3.94. The number of nitrogens with zero attached hydrogens (tertiary/aromatic N) is 1. The zero-order valence-electron chi connectivity index (χ0n) is 10.2. The van der Waals surface area contributed by atoms with E-state index in [-0.39, 0.29) is 5.91 Å². The lowest BCUT2D eigenvalue weighted by Gasteiger charge is -2.17. The highest BCUT2D eigenvalue weighted by Gasteiger charge is 2.10. The Morgan fingerprint density at radius 2 is 2.31 bits per heavy atom. The molecule has 1 amide bonds. The second-order valence-corrected chi connectivity index (χ2v) is 4.95. The average molecular weight is 240 g/mol. The fourth-order valence-electron chi connectivity index (χ4n) is 1.38. The van der Waals surface area contributed by atoms with Crippen LogP contribution in [-0.2, 0) is 11.3 Å². The van der Waals surface area contributed by atoms with Crippen LogP contribution in [0.15, 0.2) is 11.4 Å². The van der Waals surface area contributed by atoms with E-state index < -0.39 is 0 Å². The Labute approximate surface area is 101 Å². The third-order valence-corrected chi connectivity index (χ3v) is 3.49. The van der Waals surface area contributed by atoms with Crippen LogP contribution in [0.2, 0.25) is 0 Å². The quantitative estimate of drug-likeness (QED) is 0.772. The summed E-state index contributed by atoms with van der Waals surface area (Å²) >= 11 is 1.71. The summed E-state index contributed by atoms with van der Waals surface area (Å²) in [6.45, 7) is 6.23. The molecule has 16 heavy (non-hydrogen) atoms. The van der Waals surface area contributed by atoms with Crippen LogP contribution in [0.3, 0.4) is 0 Å². The molecule has 0 aliphatic carbocycles. The molecule has 0 radical (unpaired) electrons. The van der Waals surface area contributed by atoms with Crippen LogP contribution in [0.1, 0.15) is 23.8 Å². The Bertz CT molecular complexity index is 336. The Balaban J connectivity index is 2.37. The van der Waals surface area contributed by atoms with Crippen molar-refractivity contribution < 1.29 is 4.79 Å². The fraction of sp³-hybridized carbons (Fsp3) is 0.583. The highest BCUT2D eigenvalue weighted by Crippen LogP contribution is 2.16. The van der Waals surface area contributed by atoms with Crippen molar-refractivity contribution >= 4 is 17.2 Å². The smallest absolute Gasteiger partial charge is 0.236 e. The van der Waals surface area contributed by atoms with Gasteiger partial charge in [0, 0.05) is 11.9 Å². The van der Waals surface area contributed by atoms with Gasteiger partial charge < -0.3 is 10.2 Å². The largest absolute Gasteiger partial charge is 0.340 e.